The molecule has 1 aromatic carbocycles. The average Bonchev–Trinajstić information content (AvgIpc) is 2.37. The van der Waals surface area contributed by atoms with Crippen molar-refractivity contribution < 1.29 is 9.18 Å². The zero-order valence-corrected chi connectivity index (χ0v) is 11.3. The number of rotatable bonds is 3. The minimum atomic E-state index is -0.302. The molecule has 1 amide bonds. The van der Waals surface area contributed by atoms with E-state index in [4.69, 9.17) is 5.73 Å². The third-order valence-electron chi connectivity index (χ3n) is 3.63. The van der Waals surface area contributed by atoms with Gasteiger partial charge in [-0.05, 0) is 19.9 Å². The first kappa shape index (κ1) is 14.0. The predicted molar refractivity (Wildman–Crippen MR) is 72.0 cm³/mol. The van der Waals surface area contributed by atoms with Gasteiger partial charge in [0.1, 0.15) is 5.82 Å². The molecule has 0 aromatic heterocycles. The summed E-state index contributed by atoms with van der Waals surface area (Å²) in [4.78, 5) is 13.7. The van der Waals surface area contributed by atoms with E-state index in [1.165, 1.54) is 6.07 Å². The molecule has 0 spiro atoms. The quantitative estimate of drug-likeness (QED) is 0.858. The van der Waals surface area contributed by atoms with Crippen LogP contribution in [-0.2, 0) is 4.79 Å². The maximum atomic E-state index is 14.0. The van der Waals surface area contributed by atoms with Gasteiger partial charge >= 0.3 is 0 Å². The molecule has 0 bridgehead atoms. The predicted octanol–water partition coefficient (Wildman–Crippen LogP) is 1.03. The average molecular weight is 265 g/mol. The Morgan fingerprint density at radius 1 is 1.47 bits per heavy atom. The van der Waals surface area contributed by atoms with E-state index < -0.39 is 0 Å². The van der Waals surface area contributed by atoms with E-state index in [1.807, 2.05) is 18.7 Å². The van der Waals surface area contributed by atoms with E-state index in [0.717, 1.165) is 0 Å². The third-order valence-corrected chi connectivity index (χ3v) is 3.63. The molecule has 3 N–H and O–H groups in total. The van der Waals surface area contributed by atoms with Crippen LogP contribution in [0.4, 0.5) is 4.39 Å². The lowest BCUT2D eigenvalue weighted by atomic mass is 9.96. The van der Waals surface area contributed by atoms with E-state index in [-0.39, 0.29) is 29.8 Å². The molecule has 0 aliphatic carbocycles. The number of nitrogens with zero attached hydrogens (tertiary/aromatic N) is 1. The summed E-state index contributed by atoms with van der Waals surface area (Å²) < 4.78 is 14.0. The largest absolute Gasteiger partial charge is 0.353 e. The molecule has 1 fully saturated rings. The molecular weight excluding hydrogens is 245 g/mol. The van der Waals surface area contributed by atoms with Crippen molar-refractivity contribution in [1.29, 1.82) is 0 Å². The summed E-state index contributed by atoms with van der Waals surface area (Å²) in [6, 6.07) is 5.77. The van der Waals surface area contributed by atoms with Gasteiger partial charge < -0.3 is 11.1 Å². The highest BCUT2D eigenvalue weighted by molar-refractivity contribution is 5.82. The van der Waals surface area contributed by atoms with Crippen LogP contribution < -0.4 is 11.1 Å². The minimum absolute atomic E-state index is 0.0340. The van der Waals surface area contributed by atoms with Crippen molar-refractivity contribution in [3.63, 3.8) is 0 Å². The van der Waals surface area contributed by atoms with Gasteiger partial charge in [0.2, 0.25) is 5.91 Å². The number of carbonyl (C=O) groups excluding carboxylic acids is 1. The number of halogens is 1. The highest BCUT2D eigenvalue weighted by atomic mass is 19.1. The van der Waals surface area contributed by atoms with Crippen LogP contribution in [0.3, 0.4) is 0 Å². The summed E-state index contributed by atoms with van der Waals surface area (Å²) in [5.41, 5.74) is 6.59. The Kier molecular flexibility index (Phi) is 4.17. The normalized spacial score (nSPS) is 23.8. The second-order valence-corrected chi connectivity index (χ2v) is 5.03. The summed E-state index contributed by atoms with van der Waals surface area (Å²) in [6.45, 7) is 4.91. The molecule has 5 heteroatoms. The molecule has 0 saturated carbocycles. The van der Waals surface area contributed by atoms with Gasteiger partial charge in [0.25, 0.3) is 0 Å². The van der Waals surface area contributed by atoms with E-state index >= 15 is 0 Å². The third kappa shape index (κ3) is 2.77. The van der Waals surface area contributed by atoms with Gasteiger partial charge in [-0.15, -0.1) is 0 Å². The van der Waals surface area contributed by atoms with Gasteiger partial charge in [-0.3, -0.25) is 9.69 Å². The molecule has 1 aromatic rings. The smallest absolute Gasteiger partial charge is 0.237 e. The number of amides is 1. The first-order valence-corrected chi connectivity index (χ1v) is 6.56. The van der Waals surface area contributed by atoms with Crippen molar-refractivity contribution in [3.8, 4) is 0 Å². The van der Waals surface area contributed by atoms with Crippen LogP contribution in [0.2, 0.25) is 0 Å². The minimum Gasteiger partial charge on any atom is -0.353 e. The maximum absolute atomic E-state index is 14.0. The van der Waals surface area contributed by atoms with Crippen LogP contribution in [0.5, 0.6) is 0 Å². The number of hydrogen-bond acceptors (Lipinski definition) is 3. The summed E-state index contributed by atoms with van der Waals surface area (Å²) in [5.74, 6) is -0.309. The van der Waals surface area contributed by atoms with Gasteiger partial charge in [0, 0.05) is 24.7 Å². The molecule has 104 valence electrons. The lowest BCUT2D eigenvalue weighted by Crippen LogP contribution is -2.57. The van der Waals surface area contributed by atoms with Crippen LogP contribution in [0.25, 0.3) is 0 Å². The van der Waals surface area contributed by atoms with Gasteiger partial charge in [-0.2, -0.15) is 0 Å². The maximum Gasteiger partial charge on any atom is 0.237 e. The van der Waals surface area contributed by atoms with E-state index in [1.54, 1.807) is 18.2 Å². The summed E-state index contributed by atoms with van der Waals surface area (Å²) in [5, 5.41) is 2.81. The van der Waals surface area contributed by atoms with E-state index in [0.29, 0.717) is 18.7 Å². The Morgan fingerprint density at radius 2 is 2.16 bits per heavy atom. The lowest BCUT2D eigenvalue weighted by molar-refractivity contribution is -0.129. The van der Waals surface area contributed by atoms with Crippen LogP contribution in [0, 0.1) is 5.82 Å². The van der Waals surface area contributed by atoms with Crippen LogP contribution in [0.1, 0.15) is 25.5 Å². The van der Waals surface area contributed by atoms with Crippen molar-refractivity contribution in [3.05, 3.63) is 35.6 Å². The lowest BCUT2D eigenvalue weighted by Gasteiger charge is -2.41. The Balaban J connectivity index is 2.35. The molecule has 1 saturated heterocycles. The Labute approximate surface area is 112 Å². The molecule has 1 heterocycles. The van der Waals surface area contributed by atoms with Gasteiger partial charge in [-0.1, -0.05) is 18.2 Å². The van der Waals surface area contributed by atoms with Crippen molar-refractivity contribution in [2.75, 3.05) is 13.1 Å². The molecule has 3 atom stereocenters. The van der Waals surface area contributed by atoms with Crippen molar-refractivity contribution in [2.24, 2.45) is 5.73 Å². The fraction of sp³-hybridized carbons (Fsp3) is 0.500. The Hall–Kier alpha value is -1.46. The van der Waals surface area contributed by atoms with Crippen molar-refractivity contribution in [1.82, 2.24) is 10.2 Å². The number of carbonyl (C=O) groups is 1. The molecular formula is C14H20FN3O. The number of hydrogen-bond donors (Lipinski definition) is 2. The fourth-order valence-corrected chi connectivity index (χ4v) is 2.66. The van der Waals surface area contributed by atoms with Crippen molar-refractivity contribution >= 4 is 5.91 Å². The fourth-order valence-electron chi connectivity index (χ4n) is 2.66. The number of nitrogens with two attached hydrogens (primary N) is 1. The first-order chi connectivity index (χ1) is 9.02. The van der Waals surface area contributed by atoms with Crippen LogP contribution in [0.15, 0.2) is 24.3 Å². The zero-order valence-electron chi connectivity index (χ0n) is 11.3. The van der Waals surface area contributed by atoms with Gasteiger partial charge in [0.15, 0.2) is 0 Å². The number of nitrogens with one attached hydrogen (secondary N) is 1. The standard InChI is InChI=1S/C14H20FN3O/c1-9(16)13(11-5-3-4-6-12(11)15)18-8-7-17-14(19)10(18)2/h3-6,9-10,13H,7-8,16H2,1-2H3,(H,17,19). The van der Waals surface area contributed by atoms with Gasteiger partial charge in [0.05, 0.1) is 12.1 Å². The van der Waals surface area contributed by atoms with Gasteiger partial charge in [-0.25, -0.2) is 4.39 Å². The monoisotopic (exact) mass is 265 g/mol. The summed E-state index contributed by atoms with van der Waals surface area (Å²) >= 11 is 0. The molecule has 19 heavy (non-hydrogen) atoms. The number of benzene rings is 1. The second kappa shape index (κ2) is 5.67. The van der Waals surface area contributed by atoms with E-state index in [9.17, 15) is 9.18 Å². The summed E-state index contributed by atoms with van der Waals surface area (Å²) in [7, 11) is 0. The Morgan fingerprint density at radius 3 is 2.79 bits per heavy atom. The molecule has 4 nitrogen and oxygen atoms in total. The second-order valence-electron chi connectivity index (χ2n) is 5.03. The first-order valence-electron chi connectivity index (χ1n) is 6.56. The van der Waals surface area contributed by atoms with Crippen LogP contribution >= 0.6 is 0 Å². The molecule has 1 aliphatic heterocycles. The molecule has 0 radical (unpaired) electrons. The topological polar surface area (TPSA) is 58.4 Å². The zero-order chi connectivity index (χ0) is 14.0. The molecule has 1 aliphatic rings. The Bertz CT molecular complexity index is 464. The number of piperazine rings is 1. The highest BCUT2D eigenvalue weighted by Gasteiger charge is 2.34. The van der Waals surface area contributed by atoms with Crippen molar-refractivity contribution in [2.45, 2.75) is 32.0 Å². The van der Waals surface area contributed by atoms with Crippen LogP contribution in [-0.4, -0.2) is 36.0 Å². The molecule has 3 unspecified atom stereocenters. The van der Waals surface area contributed by atoms with E-state index in [2.05, 4.69) is 5.32 Å². The SMILES string of the molecule is CC(N)C(c1ccccc1F)N1CCNC(=O)C1C. The highest BCUT2D eigenvalue weighted by Crippen LogP contribution is 2.28. The summed E-state index contributed by atoms with van der Waals surface area (Å²) in [6.07, 6.45) is 0. The molecule has 2 rings (SSSR count).